The largest absolute Gasteiger partial charge is 0.278 e. The molecule has 42 heavy (non-hydrogen) atoms. The Kier molecular flexibility index (Phi) is 5.68. The molecule has 4 amide bonds. The number of hydrogen-bond donors (Lipinski definition) is 0. The van der Waals surface area contributed by atoms with E-state index in [-0.39, 0.29) is 54.5 Å². The zero-order chi connectivity index (χ0) is 28.5. The van der Waals surface area contributed by atoms with Crippen molar-refractivity contribution < 1.29 is 19.2 Å². The van der Waals surface area contributed by atoms with Gasteiger partial charge in [-0.25, -0.2) is 0 Å². The number of rotatable bonds is 5. The molecule has 3 aromatic carbocycles. The standard InChI is InChI=1S/C36H30N2O4/c39-33-27-18-26(23-14-8-3-9-15-23)28-24-16-17-25(29(28)32(27)36(42)37(33)19-21-10-4-1-5-11-21)31-30(24)34(40)38(35(31)41)20-22-12-6-2-7-13-22/h1-17,24-25,27,29-32H,18-20H2/t24-,25-,27-,29+,30-,31+,32+/m1/s1. The van der Waals surface area contributed by atoms with Crippen LogP contribution < -0.4 is 0 Å². The monoisotopic (exact) mass is 554 g/mol. The minimum atomic E-state index is -0.534. The average Bonchev–Trinajstić information content (AvgIpc) is 3.43. The van der Waals surface area contributed by atoms with Gasteiger partial charge in [-0.2, -0.15) is 0 Å². The molecule has 2 aliphatic heterocycles. The molecule has 6 heteroatoms. The van der Waals surface area contributed by atoms with Crippen LogP contribution in [0.15, 0.2) is 109 Å². The van der Waals surface area contributed by atoms with Crippen LogP contribution in [0.2, 0.25) is 0 Å². The number of imide groups is 2. The van der Waals surface area contributed by atoms with Crippen LogP contribution in [0.1, 0.15) is 23.1 Å². The quantitative estimate of drug-likeness (QED) is 0.333. The van der Waals surface area contributed by atoms with Crippen molar-refractivity contribution in [1.82, 2.24) is 9.80 Å². The zero-order valence-electron chi connectivity index (χ0n) is 23.0. The lowest BCUT2D eigenvalue weighted by Gasteiger charge is -2.51. The van der Waals surface area contributed by atoms with Gasteiger partial charge in [-0.15, -0.1) is 0 Å². The predicted octanol–water partition coefficient (Wildman–Crippen LogP) is 4.88. The van der Waals surface area contributed by atoms with E-state index in [0.717, 1.165) is 27.8 Å². The third-order valence-corrected chi connectivity index (χ3v) is 10.2. The maximum Gasteiger partial charge on any atom is 0.234 e. The first-order chi connectivity index (χ1) is 20.5. The van der Waals surface area contributed by atoms with Crippen molar-refractivity contribution in [2.24, 2.45) is 41.4 Å². The SMILES string of the molecule is O=C1[C@@H]2[C@@H]3C(=C(c4ccccc4)C[C@H]2C(=O)N1Cc1ccccc1)[C@H]1C=C[C@H]3[C@@H]2C(=O)N(Cc3ccccc3)C(=O)[C@@H]21. The van der Waals surface area contributed by atoms with Crippen LogP contribution in [0.5, 0.6) is 0 Å². The zero-order valence-corrected chi connectivity index (χ0v) is 23.0. The van der Waals surface area contributed by atoms with Crippen molar-refractivity contribution in [3.05, 3.63) is 125 Å². The summed E-state index contributed by atoms with van der Waals surface area (Å²) in [7, 11) is 0. The van der Waals surface area contributed by atoms with Gasteiger partial charge in [0.1, 0.15) is 0 Å². The fourth-order valence-electron chi connectivity index (χ4n) is 8.49. The minimum absolute atomic E-state index is 0.131. The van der Waals surface area contributed by atoms with Crippen LogP contribution in [0.25, 0.3) is 5.57 Å². The van der Waals surface area contributed by atoms with E-state index in [1.54, 1.807) is 0 Å². The van der Waals surface area contributed by atoms with Crippen LogP contribution in [-0.2, 0) is 32.3 Å². The van der Waals surface area contributed by atoms with E-state index in [1.807, 2.05) is 78.9 Å². The fraction of sp³-hybridized carbons (Fsp3) is 0.278. The summed E-state index contributed by atoms with van der Waals surface area (Å²) in [5, 5.41) is 0. The van der Waals surface area contributed by atoms with E-state index < -0.39 is 23.7 Å². The third kappa shape index (κ3) is 3.57. The van der Waals surface area contributed by atoms with Gasteiger partial charge in [-0.1, -0.05) is 109 Å². The van der Waals surface area contributed by atoms with E-state index in [4.69, 9.17) is 0 Å². The Bertz CT molecular complexity index is 1680. The molecule has 9 rings (SSSR count). The highest BCUT2D eigenvalue weighted by Gasteiger charge is 2.66. The van der Waals surface area contributed by atoms with Gasteiger partial charge < -0.3 is 0 Å². The van der Waals surface area contributed by atoms with Gasteiger partial charge in [0.15, 0.2) is 0 Å². The molecule has 1 saturated carbocycles. The molecule has 4 aliphatic carbocycles. The molecule has 6 nitrogen and oxygen atoms in total. The predicted molar refractivity (Wildman–Crippen MR) is 156 cm³/mol. The van der Waals surface area contributed by atoms with Gasteiger partial charge in [0.25, 0.3) is 0 Å². The van der Waals surface area contributed by atoms with Gasteiger partial charge in [0, 0.05) is 11.8 Å². The van der Waals surface area contributed by atoms with Crippen LogP contribution in [0, 0.1) is 41.4 Å². The van der Waals surface area contributed by atoms with Crippen LogP contribution in [-0.4, -0.2) is 33.4 Å². The molecular weight excluding hydrogens is 524 g/mol. The second-order valence-electron chi connectivity index (χ2n) is 12.2. The maximum atomic E-state index is 14.2. The molecule has 0 unspecified atom stereocenters. The summed E-state index contributed by atoms with van der Waals surface area (Å²) in [5.41, 5.74) is 4.99. The van der Waals surface area contributed by atoms with Crippen molar-refractivity contribution >= 4 is 29.2 Å². The molecule has 0 spiro atoms. The van der Waals surface area contributed by atoms with Crippen molar-refractivity contribution in [2.45, 2.75) is 19.5 Å². The molecule has 6 aliphatic rings. The number of allylic oxidation sites excluding steroid dienone is 4. The summed E-state index contributed by atoms with van der Waals surface area (Å²) in [6.45, 7) is 0.487. The molecule has 2 saturated heterocycles. The number of carbonyl (C=O) groups excluding carboxylic acids is 4. The first kappa shape index (κ1) is 25.2. The number of nitrogens with zero attached hydrogens (tertiary/aromatic N) is 2. The molecule has 2 bridgehead atoms. The molecule has 7 atom stereocenters. The molecule has 3 fully saturated rings. The van der Waals surface area contributed by atoms with E-state index >= 15 is 0 Å². The Labute approximate surface area is 244 Å². The lowest BCUT2D eigenvalue weighted by molar-refractivity contribution is -0.143. The third-order valence-electron chi connectivity index (χ3n) is 10.2. The van der Waals surface area contributed by atoms with Crippen molar-refractivity contribution in [3.8, 4) is 0 Å². The Hall–Kier alpha value is -4.58. The molecule has 3 aromatic rings. The minimum Gasteiger partial charge on any atom is -0.278 e. The summed E-state index contributed by atoms with van der Waals surface area (Å²) < 4.78 is 0. The van der Waals surface area contributed by atoms with Gasteiger partial charge in [-0.3, -0.25) is 29.0 Å². The molecule has 208 valence electrons. The van der Waals surface area contributed by atoms with Crippen LogP contribution >= 0.6 is 0 Å². The topological polar surface area (TPSA) is 74.8 Å². The molecule has 0 N–H and O–H groups in total. The average molecular weight is 555 g/mol. The van der Waals surface area contributed by atoms with Crippen LogP contribution in [0.3, 0.4) is 0 Å². The van der Waals surface area contributed by atoms with E-state index in [2.05, 4.69) is 24.3 Å². The fourth-order valence-corrected chi connectivity index (χ4v) is 8.49. The molecule has 0 radical (unpaired) electrons. The maximum absolute atomic E-state index is 14.2. The van der Waals surface area contributed by atoms with Crippen molar-refractivity contribution in [2.75, 3.05) is 0 Å². The number of fused-ring (bicyclic) bond motifs is 1. The summed E-state index contributed by atoms with van der Waals surface area (Å²) in [4.78, 5) is 59.0. The van der Waals surface area contributed by atoms with Crippen molar-refractivity contribution in [1.29, 1.82) is 0 Å². The summed E-state index contributed by atoms with van der Waals surface area (Å²) in [5.74, 6) is -3.48. The smallest absolute Gasteiger partial charge is 0.234 e. The first-order valence-electron chi connectivity index (χ1n) is 14.8. The number of hydrogen-bond acceptors (Lipinski definition) is 4. The number of carbonyl (C=O) groups is 4. The van der Waals surface area contributed by atoms with E-state index in [9.17, 15) is 19.2 Å². The summed E-state index contributed by atoms with van der Waals surface area (Å²) in [6.07, 6.45) is 4.63. The van der Waals surface area contributed by atoms with E-state index in [1.165, 1.54) is 9.80 Å². The summed E-state index contributed by atoms with van der Waals surface area (Å²) >= 11 is 0. The van der Waals surface area contributed by atoms with Gasteiger partial charge in [-0.05, 0) is 34.6 Å². The molecule has 2 heterocycles. The van der Waals surface area contributed by atoms with Gasteiger partial charge in [0.2, 0.25) is 23.6 Å². The second-order valence-corrected chi connectivity index (χ2v) is 12.2. The van der Waals surface area contributed by atoms with Gasteiger partial charge in [0.05, 0.1) is 36.8 Å². The highest BCUT2D eigenvalue weighted by molar-refractivity contribution is 6.09. The Morgan fingerprint density at radius 1 is 0.548 bits per heavy atom. The highest BCUT2D eigenvalue weighted by atomic mass is 16.2. The highest BCUT2D eigenvalue weighted by Crippen LogP contribution is 2.63. The van der Waals surface area contributed by atoms with E-state index in [0.29, 0.717) is 6.42 Å². The molecular formula is C36H30N2O4. The van der Waals surface area contributed by atoms with Crippen molar-refractivity contribution in [3.63, 3.8) is 0 Å². The molecule has 0 aromatic heterocycles. The lowest BCUT2D eigenvalue weighted by atomic mass is 9.49. The number of benzene rings is 3. The first-order valence-corrected chi connectivity index (χ1v) is 14.8. The summed E-state index contributed by atoms with van der Waals surface area (Å²) in [6, 6.07) is 29.2. The second kappa shape index (κ2) is 9.48. The lowest BCUT2D eigenvalue weighted by Crippen LogP contribution is -2.51. The Morgan fingerprint density at radius 2 is 1.07 bits per heavy atom. The Morgan fingerprint density at radius 3 is 1.69 bits per heavy atom. The Balaban J connectivity index is 1.23. The normalized spacial score (nSPS) is 31.1. The number of likely N-dealkylation sites (tertiary alicyclic amines) is 2. The van der Waals surface area contributed by atoms with Gasteiger partial charge >= 0.3 is 0 Å². The van der Waals surface area contributed by atoms with Crippen LogP contribution in [0.4, 0.5) is 0 Å². The number of amides is 4.